The molecule has 1 unspecified atom stereocenters. The molecule has 0 saturated heterocycles. The molecule has 1 aromatic rings. The monoisotopic (exact) mass is 236 g/mol. The summed E-state index contributed by atoms with van der Waals surface area (Å²) in [6.45, 7) is 1.46. The second kappa shape index (κ2) is 4.59. The molecule has 88 valence electrons. The van der Waals surface area contributed by atoms with Crippen molar-refractivity contribution in [3.63, 3.8) is 0 Å². The molecule has 7 heteroatoms. The molecule has 17 heavy (non-hydrogen) atoms. The second-order valence-electron chi connectivity index (χ2n) is 3.34. The number of aliphatic carboxylic acids is 1. The Bertz CT molecular complexity index is 532. The van der Waals surface area contributed by atoms with E-state index in [9.17, 15) is 20.0 Å². The molecule has 0 heterocycles. The number of carboxylic acids is 1. The second-order valence-corrected chi connectivity index (χ2v) is 3.34. The maximum absolute atomic E-state index is 10.7. The van der Waals surface area contributed by atoms with Crippen LogP contribution in [0.3, 0.4) is 0 Å². The van der Waals surface area contributed by atoms with Crippen LogP contribution >= 0.6 is 0 Å². The summed E-state index contributed by atoms with van der Waals surface area (Å²) in [6, 6.07) is 3.73. The zero-order valence-corrected chi connectivity index (χ0v) is 8.75. The largest absolute Gasteiger partial charge is 0.479 e. The van der Waals surface area contributed by atoms with Gasteiger partial charge in [-0.3, -0.25) is 10.1 Å². The number of nitrogens with zero attached hydrogens (tertiary/aromatic N) is 2. The molecule has 0 spiro atoms. The molecule has 1 atom stereocenters. The van der Waals surface area contributed by atoms with Crippen molar-refractivity contribution in [2.75, 3.05) is 0 Å². The molecule has 0 saturated carbocycles. The highest BCUT2D eigenvalue weighted by atomic mass is 16.6. The maximum atomic E-state index is 10.7. The van der Waals surface area contributed by atoms with E-state index < -0.39 is 22.7 Å². The lowest BCUT2D eigenvalue weighted by molar-refractivity contribution is -0.385. The van der Waals surface area contributed by atoms with Crippen molar-refractivity contribution in [1.29, 1.82) is 5.26 Å². The van der Waals surface area contributed by atoms with Crippen LogP contribution in [0, 0.1) is 28.4 Å². The summed E-state index contributed by atoms with van der Waals surface area (Å²) in [5, 5.41) is 37.3. The van der Waals surface area contributed by atoms with E-state index in [1.807, 2.05) is 0 Å². The van der Waals surface area contributed by atoms with Crippen LogP contribution in [0.5, 0.6) is 0 Å². The minimum atomic E-state index is -1.85. The van der Waals surface area contributed by atoms with Crippen LogP contribution in [-0.2, 0) is 4.79 Å². The first kappa shape index (κ1) is 12.6. The fraction of sp³-hybridized carbons (Fsp3) is 0.200. The first-order chi connectivity index (χ1) is 7.88. The van der Waals surface area contributed by atoms with Crippen LogP contribution in [0.2, 0.25) is 0 Å². The maximum Gasteiger partial charge on any atom is 0.337 e. The number of aliphatic hydroxyl groups is 1. The molecule has 0 amide bonds. The summed E-state index contributed by atoms with van der Waals surface area (Å²) >= 11 is 0. The van der Waals surface area contributed by atoms with Crippen LogP contribution < -0.4 is 0 Å². The van der Waals surface area contributed by atoms with Gasteiger partial charge in [0.1, 0.15) is 11.6 Å². The molecule has 0 aliphatic heterocycles. The van der Waals surface area contributed by atoms with Crippen molar-refractivity contribution in [2.45, 2.75) is 13.0 Å². The van der Waals surface area contributed by atoms with Crippen molar-refractivity contribution in [3.05, 3.63) is 38.9 Å². The standard InChI is InChI=1S/C10H8N2O5/c1-5-2-6(4-11)8(12(16)17)3-7(5)9(13)10(14)15/h2-3,9,13H,1H3,(H,14,15). The Hall–Kier alpha value is -2.46. The van der Waals surface area contributed by atoms with Crippen LogP contribution in [-0.4, -0.2) is 21.1 Å². The molecule has 0 bridgehead atoms. The lowest BCUT2D eigenvalue weighted by atomic mass is 9.99. The van der Waals surface area contributed by atoms with Gasteiger partial charge in [0.2, 0.25) is 0 Å². The molecule has 1 aromatic carbocycles. The van der Waals surface area contributed by atoms with Gasteiger partial charge in [0.15, 0.2) is 6.10 Å². The zero-order valence-electron chi connectivity index (χ0n) is 8.75. The summed E-state index contributed by atoms with van der Waals surface area (Å²) < 4.78 is 0. The third-order valence-corrected chi connectivity index (χ3v) is 2.23. The van der Waals surface area contributed by atoms with Crippen molar-refractivity contribution in [3.8, 4) is 6.07 Å². The molecule has 1 rings (SSSR count). The summed E-state index contributed by atoms with van der Waals surface area (Å²) in [5.41, 5.74) is -0.479. The van der Waals surface area contributed by atoms with Gasteiger partial charge >= 0.3 is 5.97 Å². The fourth-order valence-electron chi connectivity index (χ4n) is 1.38. The quantitative estimate of drug-likeness (QED) is 0.593. The number of nitro benzene ring substituents is 1. The number of rotatable bonds is 3. The number of nitro groups is 1. The highest BCUT2D eigenvalue weighted by Gasteiger charge is 2.24. The van der Waals surface area contributed by atoms with Crippen LogP contribution in [0.1, 0.15) is 22.8 Å². The molecule has 2 N–H and O–H groups in total. The van der Waals surface area contributed by atoms with E-state index in [0.717, 1.165) is 6.07 Å². The molecular weight excluding hydrogens is 228 g/mol. The van der Waals surface area contributed by atoms with Crippen molar-refractivity contribution >= 4 is 11.7 Å². The Balaban J connectivity index is 3.45. The van der Waals surface area contributed by atoms with Gasteiger partial charge < -0.3 is 10.2 Å². The number of hydrogen-bond acceptors (Lipinski definition) is 5. The van der Waals surface area contributed by atoms with E-state index in [1.54, 1.807) is 6.07 Å². The smallest absolute Gasteiger partial charge is 0.337 e. The molecule has 7 nitrogen and oxygen atoms in total. The van der Waals surface area contributed by atoms with Gasteiger partial charge in [0.25, 0.3) is 5.69 Å². The van der Waals surface area contributed by atoms with Crippen molar-refractivity contribution in [1.82, 2.24) is 0 Å². The van der Waals surface area contributed by atoms with Gasteiger partial charge in [0, 0.05) is 11.6 Å². The third-order valence-electron chi connectivity index (χ3n) is 2.23. The highest BCUT2D eigenvalue weighted by molar-refractivity contribution is 5.75. The molecule has 0 radical (unpaired) electrons. The minimum absolute atomic E-state index is 0.0943. The first-order valence-corrected chi connectivity index (χ1v) is 4.48. The van der Waals surface area contributed by atoms with E-state index in [4.69, 9.17) is 10.4 Å². The number of benzene rings is 1. The van der Waals surface area contributed by atoms with Gasteiger partial charge in [-0.1, -0.05) is 0 Å². The van der Waals surface area contributed by atoms with Gasteiger partial charge in [-0.25, -0.2) is 4.79 Å². The van der Waals surface area contributed by atoms with Crippen molar-refractivity contribution in [2.24, 2.45) is 0 Å². The SMILES string of the molecule is Cc1cc(C#N)c([N+](=O)[O-])cc1C(O)C(=O)O. The number of carboxylic acid groups (broad SMARTS) is 1. The van der Waals surface area contributed by atoms with Gasteiger partial charge in [-0.2, -0.15) is 5.26 Å². The predicted octanol–water partition coefficient (Wildman–Crippen LogP) is 0.893. The topological polar surface area (TPSA) is 124 Å². The Morgan fingerprint density at radius 3 is 2.59 bits per heavy atom. The van der Waals surface area contributed by atoms with Crippen LogP contribution in [0.25, 0.3) is 0 Å². The minimum Gasteiger partial charge on any atom is -0.479 e. The van der Waals surface area contributed by atoms with Gasteiger partial charge in [-0.15, -0.1) is 0 Å². The number of nitriles is 1. The van der Waals surface area contributed by atoms with E-state index >= 15 is 0 Å². The average Bonchev–Trinajstić information content (AvgIpc) is 2.27. The normalized spacial score (nSPS) is 11.6. The molecular formula is C10H8N2O5. The van der Waals surface area contributed by atoms with E-state index in [1.165, 1.54) is 13.0 Å². The van der Waals surface area contributed by atoms with Crippen LogP contribution in [0.4, 0.5) is 5.69 Å². The summed E-state index contributed by atoms with van der Waals surface area (Å²) in [5.74, 6) is -1.51. The predicted molar refractivity (Wildman–Crippen MR) is 55.1 cm³/mol. The highest BCUT2D eigenvalue weighted by Crippen LogP contribution is 2.27. The van der Waals surface area contributed by atoms with Gasteiger partial charge in [0.05, 0.1) is 4.92 Å². The lowest BCUT2D eigenvalue weighted by Gasteiger charge is -2.09. The first-order valence-electron chi connectivity index (χ1n) is 4.48. The Morgan fingerprint density at radius 1 is 1.59 bits per heavy atom. The van der Waals surface area contributed by atoms with E-state index in [2.05, 4.69) is 0 Å². The van der Waals surface area contributed by atoms with Gasteiger partial charge in [-0.05, 0) is 18.6 Å². The number of carbonyl (C=O) groups is 1. The number of hydrogen-bond donors (Lipinski definition) is 2. The molecule has 0 aliphatic carbocycles. The van der Waals surface area contributed by atoms with E-state index in [0.29, 0.717) is 5.56 Å². The summed E-state index contributed by atoms with van der Waals surface area (Å²) in [7, 11) is 0. The average molecular weight is 236 g/mol. The molecule has 0 aromatic heterocycles. The zero-order chi connectivity index (χ0) is 13.2. The lowest BCUT2D eigenvalue weighted by Crippen LogP contribution is -2.12. The number of aryl methyl sites for hydroxylation is 1. The fourth-order valence-corrected chi connectivity index (χ4v) is 1.38. The van der Waals surface area contributed by atoms with Crippen LogP contribution in [0.15, 0.2) is 12.1 Å². The number of aliphatic hydroxyl groups excluding tert-OH is 1. The Labute approximate surface area is 95.7 Å². The Morgan fingerprint density at radius 2 is 2.18 bits per heavy atom. The molecule has 0 aliphatic rings. The Kier molecular flexibility index (Phi) is 3.40. The van der Waals surface area contributed by atoms with Crippen molar-refractivity contribution < 1.29 is 19.9 Å². The summed E-state index contributed by atoms with van der Waals surface area (Å²) in [6.07, 6.45) is -1.85. The van der Waals surface area contributed by atoms with E-state index in [-0.39, 0.29) is 11.1 Å². The summed E-state index contributed by atoms with van der Waals surface area (Å²) in [4.78, 5) is 20.5. The third kappa shape index (κ3) is 2.38. The molecule has 0 fully saturated rings.